The molecule has 4 heteroatoms. The molecule has 1 amide bonds. The number of hydrogen-bond acceptors (Lipinski definition) is 3. The van der Waals surface area contributed by atoms with E-state index in [2.05, 4.69) is 11.5 Å². The third kappa shape index (κ3) is 2.20. The maximum atomic E-state index is 12.2. The van der Waals surface area contributed by atoms with E-state index in [1.165, 1.54) is 0 Å². The molecule has 0 atom stereocenters. The van der Waals surface area contributed by atoms with Crippen molar-refractivity contribution in [2.24, 2.45) is 0 Å². The van der Waals surface area contributed by atoms with E-state index in [0.717, 1.165) is 29.7 Å². The Bertz CT molecular complexity index is 465. The molecule has 98 valence electrons. The molecular formula is C14H20N2O2. The summed E-state index contributed by atoms with van der Waals surface area (Å²) in [5.74, 6) is 0.944. The van der Waals surface area contributed by atoms with E-state index < -0.39 is 0 Å². The van der Waals surface area contributed by atoms with Crippen LogP contribution in [0.5, 0.6) is 5.75 Å². The second kappa shape index (κ2) is 4.61. The molecule has 0 bridgehead atoms. The summed E-state index contributed by atoms with van der Waals surface area (Å²) in [5, 5.41) is 1.69. The highest BCUT2D eigenvalue weighted by molar-refractivity contribution is 5.91. The van der Waals surface area contributed by atoms with Crippen LogP contribution in [0.1, 0.15) is 24.0 Å². The van der Waals surface area contributed by atoms with E-state index >= 15 is 0 Å². The fourth-order valence-electron chi connectivity index (χ4n) is 2.26. The zero-order chi connectivity index (χ0) is 13.3. The molecule has 18 heavy (non-hydrogen) atoms. The number of amides is 1. The summed E-state index contributed by atoms with van der Waals surface area (Å²) >= 11 is 0. The number of carbonyl (C=O) groups excluding carboxylic acids is 1. The minimum Gasteiger partial charge on any atom is -0.496 e. The molecule has 0 unspecified atom stereocenters. The fourth-order valence-corrected chi connectivity index (χ4v) is 2.26. The van der Waals surface area contributed by atoms with Gasteiger partial charge in [0.05, 0.1) is 12.5 Å². The molecule has 1 saturated carbocycles. The highest BCUT2D eigenvalue weighted by Gasteiger charge is 2.51. The fraction of sp³-hybridized carbons (Fsp3) is 0.500. The molecular weight excluding hydrogens is 228 g/mol. The predicted molar refractivity (Wildman–Crippen MR) is 70.5 cm³/mol. The Morgan fingerprint density at radius 1 is 1.39 bits per heavy atom. The zero-order valence-electron chi connectivity index (χ0n) is 11.4. The lowest BCUT2D eigenvalue weighted by atomic mass is 9.93. The van der Waals surface area contributed by atoms with E-state index in [-0.39, 0.29) is 11.3 Å². The number of aryl methyl sites for hydroxylation is 1. The van der Waals surface area contributed by atoms with Crippen LogP contribution in [0.3, 0.4) is 0 Å². The number of methoxy groups -OCH3 is 1. The van der Waals surface area contributed by atoms with Crippen molar-refractivity contribution in [1.82, 2.24) is 10.4 Å². The molecule has 0 saturated heterocycles. The van der Waals surface area contributed by atoms with Gasteiger partial charge in [0.15, 0.2) is 0 Å². The molecule has 4 nitrogen and oxygen atoms in total. The van der Waals surface area contributed by atoms with Crippen LogP contribution in [0, 0.1) is 6.92 Å². The first-order valence-electron chi connectivity index (χ1n) is 6.13. The van der Waals surface area contributed by atoms with Gasteiger partial charge in [0.1, 0.15) is 5.75 Å². The highest BCUT2D eigenvalue weighted by atomic mass is 16.5. The van der Waals surface area contributed by atoms with Crippen molar-refractivity contribution in [3.8, 4) is 5.75 Å². The molecule has 1 aromatic carbocycles. The topological polar surface area (TPSA) is 41.6 Å². The van der Waals surface area contributed by atoms with E-state index in [1.807, 2.05) is 33.2 Å². The molecule has 1 aliphatic rings. The van der Waals surface area contributed by atoms with Crippen molar-refractivity contribution >= 4 is 5.91 Å². The van der Waals surface area contributed by atoms with Crippen LogP contribution < -0.4 is 10.2 Å². The Labute approximate surface area is 108 Å². The van der Waals surface area contributed by atoms with Crippen molar-refractivity contribution < 1.29 is 9.53 Å². The van der Waals surface area contributed by atoms with Gasteiger partial charge in [0.2, 0.25) is 5.91 Å². The summed E-state index contributed by atoms with van der Waals surface area (Å²) in [4.78, 5) is 12.2. The van der Waals surface area contributed by atoms with Gasteiger partial charge in [-0.2, -0.15) is 0 Å². The van der Waals surface area contributed by atoms with Crippen LogP contribution in [0.4, 0.5) is 0 Å². The Morgan fingerprint density at radius 2 is 2.06 bits per heavy atom. The molecule has 2 rings (SSSR count). The van der Waals surface area contributed by atoms with Gasteiger partial charge >= 0.3 is 0 Å². The van der Waals surface area contributed by atoms with Crippen LogP contribution in [0.2, 0.25) is 0 Å². The number of carbonyl (C=O) groups is 1. The molecule has 1 N–H and O–H groups in total. The first kappa shape index (κ1) is 12.9. The lowest BCUT2D eigenvalue weighted by molar-refractivity contribution is -0.127. The van der Waals surface area contributed by atoms with Crippen LogP contribution in [0.25, 0.3) is 0 Å². The first-order chi connectivity index (χ1) is 8.49. The van der Waals surface area contributed by atoms with E-state index in [9.17, 15) is 4.79 Å². The molecule has 0 radical (unpaired) electrons. The molecule has 1 aliphatic carbocycles. The van der Waals surface area contributed by atoms with Gasteiger partial charge in [0, 0.05) is 14.1 Å². The smallest absolute Gasteiger partial charge is 0.244 e. The standard InChI is InChI=1S/C14H20N2O2/c1-10-9-11(5-6-12(10)18-4)14(7-8-14)13(17)15-16(2)3/h5-6,9H,7-8H2,1-4H3,(H,15,17). The Morgan fingerprint density at radius 3 is 2.50 bits per heavy atom. The molecule has 1 aromatic rings. The number of nitrogens with zero attached hydrogens (tertiary/aromatic N) is 1. The van der Waals surface area contributed by atoms with Gasteiger partial charge in [-0.1, -0.05) is 12.1 Å². The summed E-state index contributed by atoms with van der Waals surface area (Å²) in [5.41, 5.74) is 4.68. The highest BCUT2D eigenvalue weighted by Crippen LogP contribution is 2.49. The minimum absolute atomic E-state index is 0.0806. The summed E-state index contributed by atoms with van der Waals surface area (Å²) < 4.78 is 5.25. The van der Waals surface area contributed by atoms with Crippen molar-refractivity contribution in [2.75, 3.05) is 21.2 Å². The monoisotopic (exact) mass is 248 g/mol. The predicted octanol–water partition coefficient (Wildman–Crippen LogP) is 1.63. The molecule has 1 fully saturated rings. The maximum absolute atomic E-state index is 12.2. The van der Waals surface area contributed by atoms with Gasteiger partial charge in [-0.25, -0.2) is 5.01 Å². The lowest BCUT2D eigenvalue weighted by Crippen LogP contribution is -2.42. The Hall–Kier alpha value is -1.55. The second-order valence-electron chi connectivity index (χ2n) is 5.10. The van der Waals surface area contributed by atoms with Gasteiger partial charge < -0.3 is 4.74 Å². The van der Waals surface area contributed by atoms with Crippen molar-refractivity contribution in [3.05, 3.63) is 29.3 Å². The number of hydrogen-bond donors (Lipinski definition) is 1. The van der Waals surface area contributed by atoms with Crippen LogP contribution in [-0.4, -0.2) is 32.1 Å². The maximum Gasteiger partial charge on any atom is 0.244 e. The Balaban J connectivity index is 2.25. The number of ether oxygens (including phenoxy) is 1. The van der Waals surface area contributed by atoms with Crippen LogP contribution in [0.15, 0.2) is 18.2 Å². The Kier molecular flexibility index (Phi) is 3.30. The van der Waals surface area contributed by atoms with Gasteiger partial charge in [0.25, 0.3) is 0 Å². The van der Waals surface area contributed by atoms with E-state index in [4.69, 9.17) is 4.74 Å². The van der Waals surface area contributed by atoms with Crippen molar-refractivity contribution in [3.63, 3.8) is 0 Å². The molecule has 0 aliphatic heterocycles. The second-order valence-corrected chi connectivity index (χ2v) is 5.10. The van der Waals surface area contributed by atoms with Gasteiger partial charge in [-0.3, -0.25) is 10.2 Å². The van der Waals surface area contributed by atoms with E-state index in [1.54, 1.807) is 12.1 Å². The van der Waals surface area contributed by atoms with Crippen molar-refractivity contribution in [1.29, 1.82) is 0 Å². The number of hydrazine groups is 1. The van der Waals surface area contributed by atoms with Gasteiger partial charge in [-0.05, 0) is 37.0 Å². The summed E-state index contributed by atoms with van der Waals surface area (Å²) in [6.07, 6.45) is 1.83. The normalized spacial score (nSPS) is 16.5. The SMILES string of the molecule is COc1ccc(C2(C(=O)NN(C)C)CC2)cc1C. The largest absolute Gasteiger partial charge is 0.496 e. The average molecular weight is 248 g/mol. The number of rotatable bonds is 4. The minimum atomic E-state index is -0.332. The zero-order valence-corrected chi connectivity index (χ0v) is 11.4. The third-order valence-corrected chi connectivity index (χ3v) is 3.46. The molecule has 0 spiro atoms. The number of benzene rings is 1. The molecule has 0 aromatic heterocycles. The lowest BCUT2D eigenvalue weighted by Gasteiger charge is -2.20. The van der Waals surface area contributed by atoms with Crippen molar-refractivity contribution in [2.45, 2.75) is 25.2 Å². The summed E-state index contributed by atoms with van der Waals surface area (Å²) in [7, 11) is 5.31. The summed E-state index contributed by atoms with van der Waals surface area (Å²) in [6.45, 7) is 2.00. The quantitative estimate of drug-likeness (QED) is 0.823. The van der Waals surface area contributed by atoms with Gasteiger partial charge in [-0.15, -0.1) is 0 Å². The molecule has 0 heterocycles. The number of nitrogens with one attached hydrogen (secondary N) is 1. The van der Waals surface area contributed by atoms with Crippen LogP contribution in [-0.2, 0) is 10.2 Å². The third-order valence-electron chi connectivity index (χ3n) is 3.46. The van der Waals surface area contributed by atoms with E-state index in [0.29, 0.717) is 0 Å². The summed E-state index contributed by atoms with van der Waals surface area (Å²) in [6, 6.07) is 5.99. The first-order valence-corrected chi connectivity index (χ1v) is 6.13. The van der Waals surface area contributed by atoms with Crippen LogP contribution >= 0.6 is 0 Å². The average Bonchev–Trinajstić information content (AvgIpc) is 3.09.